The molecule has 6 heteroatoms. The van der Waals surface area contributed by atoms with Crippen molar-refractivity contribution in [1.29, 1.82) is 0 Å². The maximum Gasteiger partial charge on any atom is 0.254 e. The van der Waals surface area contributed by atoms with E-state index in [0.29, 0.717) is 23.6 Å². The van der Waals surface area contributed by atoms with Crippen LogP contribution in [0.15, 0.2) is 34.9 Å². The lowest BCUT2D eigenvalue weighted by Crippen LogP contribution is -2.44. The molecule has 0 radical (unpaired) electrons. The molecule has 0 bridgehead atoms. The summed E-state index contributed by atoms with van der Waals surface area (Å²) in [4.78, 5) is 12.4. The second kappa shape index (κ2) is 7.03. The van der Waals surface area contributed by atoms with Gasteiger partial charge < -0.3 is 14.6 Å². The number of carbonyl (C=O) groups excluding carboxylic acids is 1. The minimum absolute atomic E-state index is 0.115. The van der Waals surface area contributed by atoms with Crippen LogP contribution in [-0.2, 0) is 16.8 Å². The lowest BCUT2D eigenvalue weighted by atomic mass is 9.87. The van der Waals surface area contributed by atoms with E-state index in [1.165, 1.54) is 13.2 Å². The topological polar surface area (TPSA) is 64.4 Å². The van der Waals surface area contributed by atoms with Crippen LogP contribution in [-0.4, -0.2) is 18.2 Å². The molecule has 128 valence electrons. The van der Waals surface area contributed by atoms with Gasteiger partial charge in [-0.25, -0.2) is 4.39 Å². The lowest BCUT2D eigenvalue weighted by molar-refractivity contribution is -0.123. The molecule has 1 N–H and O–H groups in total. The van der Waals surface area contributed by atoms with Gasteiger partial charge in [0.05, 0.1) is 12.6 Å². The molecule has 3 rings (SSSR count). The van der Waals surface area contributed by atoms with Crippen molar-refractivity contribution >= 4 is 5.91 Å². The van der Waals surface area contributed by atoms with Crippen molar-refractivity contribution in [2.45, 2.75) is 44.1 Å². The predicted molar refractivity (Wildman–Crippen MR) is 86.1 cm³/mol. The summed E-state index contributed by atoms with van der Waals surface area (Å²) in [5.41, 5.74) is -0.0150. The van der Waals surface area contributed by atoms with E-state index in [1.807, 2.05) is 6.07 Å². The molecule has 2 aromatic rings. The number of ether oxygens (including phenoxy) is 1. The number of nitrogens with one attached hydrogen (secondary N) is 1. The molecule has 24 heavy (non-hydrogen) atoms. The third-order valence-corrected chi connectivity index (χ3v) is 4.57. The number of carbonyl (C=O) groups is 1. The molecule has 0 saturated heterocycles. The van der Waals surface area contributed by atoms with Crippen LogP contribution in [0.1, 0.15) is 43.4 Å². The molecule has 1 saturated carbocycles. The number of benzene rings is 1. The highest BCUT2D eigenvalue weighted by Crippen LogP contribution is 2.39. The van der Waals surface area contributed by atoms with Crippen molar-refractivity contribution < 1.29 is 18.4 Å². The number of aromatic nitrogens is 1. The Morgan fingerprint density at radius 2 is 2.12 bits per heavy atom. The van der Waals surface area contributed by atoms with Crippen LogP contribution >= 0.6 is 0 Å². The number of hydrogen-bond acceptors (Lipinski definition) is 4. The van der Waals surface area contributed by atoms with Crippen molar-refractivity contribution in [3.8, 4) is 5.88 Å². The predicted octanol–water partition coefficient (Wildman–Crippen LogP) is 3.34. The number of halogens is 1. The van der Waals surface area contributed by atoms with Gasteiger partial charge in [-0.05, 0) is 24.1 Å². The van der Waals surface area contributed by atoms with Crippen LogP contribution in [0.4, 0.5) is 4.39 Å². The van der Waals surface area contributed by atoms with Crippen LogP contribution in [0.2, 0.25) is 0 Å². The summed E-state index contributed by atoms with van der Waals surface area (Å²) in [6.45, 7) is 0. The maximum absolute atomic E-state index is 14.2. The first-order chi connectivity index (χ1) is 11.6. The number of aryl methyl sites for hydroxylation is 1. The Kier molecular flexibility index (Phi) is 4.83. The third kappa shape index (κ3) is 3.42. The molecule has 0 unspecified atom stereocenters. The van der Waals surface area contributed by atoms with Crippen molar-refractivity contribution in [3.05, 3.63) is 47.5 Å². The summed E-state index contributed by atoms with van der Waals surface area (Å²) in [6, 6.07) is 8.35. The Hall–Kier alpha value is -2.37. The van der Waals surface area contributed by atoms with Crippen LogP contribution < -0.4 is 10.1 Å². The summed E-state index contributed by atoms with van der Waals surface area (Å²) in [6.07, 6.45) is 4.16. The SMILES string of the molecule is COc1cc(CCC(=O)NC2(c3ccccc3F)CCCC2)on1. The van der Waals surface area contributed by atoms with Crippen molar-refractivity contribution in [2.75, 3.05) is 7.11 Å². The fourth-order valence-electron chi connectivity index (χ4n) is 3.36. The fourth-order valence-corrected chi connectivity index (χ4v) is 3.36. The molecule has 1 aliphatic carbocycles. The van der Waals surface area contributed by atoms with Gasteiger partial charge in [0.1, 0.15) is 11.6 Å². The van der Waals surface area contributed by atoms with E-state index in [1.54, 1.807) is 18.2 Å². The monoisotopic (exact) mass is 332 g/mol. The second-order valence-corrected chi connectivity index (χ2v) is 6.15. The highest BCUT2D eigenvalue weighted by Gasteiger charge is 2.38. The standard InChI is InChI=1S/C18H21FN2O3/c1-23-17-12-13(24-21-17)8-9-16(22)20-18(10-4-5-11-18)14-6-2-3-7-15(14)19/h2-3,6-7,12H,4-5,8-11H2,1H3,(H,20,22). The Labute approximate surface area is 140 Å². The molecule has 1 fully saturated rings. The van der Waals surface area contributed by atoms with Gasteiger partial charge in [0, 0.05) is 24.5 Å². The summed E-state index contributed by atoms with van der Waals surface area (Å²) >= 11 is 0. The first-order valence-corrected chi connectivity index (χ1v) is 8.18. The second-order valence-electron chi connectivity index (χ2n) is 6.15. The molecule has 5 nitrogen and oxygen atoms in total. The van der Waals surface area contributed by atoms with Crippen molar-refractivity contribution in [1.82, 2.24) is 10.5 Å². The lowest BCUT2D eigenvalue weighted by Gasteiger charge is -2.31. The molecule has 0 aliphatic heterocycles. The first kappa shape index (κ1) is 16.5. The molecule has 0 atom stereocenters. The number of rotatable bonds is 6. The number of nitrogens with zero attached hydrogens (tertiary/aromatic N) is 1. The molecule has 1 aromatic carbocycles. The smallest absolute Gasteiger partial charge is 0.254 e. The fraction of sp³-hybridized carbons (Fsp3) is 0.444. The van der Waals surface area contributed by atoms with E-state index < -0.39 is 5.54 Å². The van der Waals surface area contributed by atoms with E-state index >= 15 is 0 Å². The molecule has 1 amide bonds. The largest absolute Gasteiger partial charge is 0.479 e. The zero-order valence-corrected chi connectivity index (χ0v) is 13.7. The summed E-state index contributed by atoms with van der Waals surface area (Å²) in [5, 5.41) is 6.78. The Bertz CT molecular complexity index is 708. The minimum Gasteiger partial charge on any atom is -0.479 e. The van der Waals surface area contributed by atoms with E-state index in [4.69, 9.17) is 9.26 Å². The molecular weight excluding hydrogens is 311 g/mol. The summed E-state index contributed by atoms with van der Waals surface area (Å²) < 4.78 is 24.3. The molecule has 0 spiro atoms. The van der Waals surface area contributed by atoms with Crippen LogP contribution in [0.25, 0.3) is 0 Å². The average Bonchev–Trinajstić information content (AvgIpc) is 3.23. The van der Waals surface area contributed by atoms with Crippen LogP contribution in [0, 0.1) is 5.82 Å². The van der Waals surface area contributed by atoms with Crippen LogP contribution in [0.5, 0.6) is 5.88 Å². The summed E-state index contributed by atoms with van der Waals surface area (Å²) in [7, 11) is 1.51. The van der Waals surface area contributed by atoms with Crippen LogP contribution in [0.3, 0.4) is 0 Å². The Balaban J connectivity index is 1.67. The highest BCUT2D eigenvalue weighted by molar-refractivity contribution is 5.77. The minimum atomic E-state index is -0.596. The van der Waals surface area contributed by atoms with Gasteiger partial charge in [-0.15, -0.1) is 0 Å². The Morgan fingerprint density at radius 1 is 1.38 bits per heavy atom. The van der Waals surface area contributed by atoms with Crippen molar-refractivity contribution in [3.63, 3.8) is 0 Å². The zero-order chi connectivity index (χ0) is 17.0. The molecule has 1 aromatic heterocycles. The van der Waals surface area contributed by atoms with E-state index in [9.17, 15) is 9.18 Å². The van der Waals surface area contributed by atoms with Gasteiger partial charge in [0.15, 0.2) is 0 Å². The summed E-state index contributed by atoms with van der Waals surface area (Å²) in [5.74, 6) is 0.604. The maximum atomic E-state index is 14.2. The van der Waals surface area contributed by atoms with Gasteiger partial charge in [-0.3, -0.25) is 4.79 Å². The zero-order valence-electron chi connectivity index (χ0n) is 13.7. The molecule has 1 aliphatic rings. The molecular formula is C18H21FN2O3. The third-order valence-electron chi connectivity index (χ3n) is 4.57. The van der Waals surface area contributed by atoms with Gasteiger partial charge in [-0.2, -0.15) is 0 Å². The Morgan fingerprint density at radius 3 is 2.79 bits per heavy atom. The normalized spacial score (nSPS) is 16.1. The van der Waals surface area contributed by atoms with Gasteiger partial charge in [0.25, 0.3) is 5.88 Å². The number of amides is 1. The van der Waals surface area contributed by atoms with E-state index in [0.717, 1.165) is 25.7 Å². The number of methoxy groups -OCH3 is 1. The van der Waals surface area contributed by atoms with Gasteiger partial charge in [-0.1, -0.05) is 31.0 Å². The highest BCUT2D eigenvalue weighted by atomic mass is 19.1. The first-order valence-electron chi connectivity index (χ1n) is 8.18. The molecule has 1 heterocycles. The van der Waals surface area contributed by atoms with E-state index in [2.05, 4.69) is 10.5 Å². The number of hydrogen-bond donors (Lipinski definition) is 1. The average molecular weight is 332 g/mol. The van der Waals surface area contributed by atoms with Gasteiger partial charge >= 0.3 is 0 Å². The quantitative estimate of drug-likeness (QED) is 0.881. The van der Waals surface area contributed by atoms with E-state index in [-0.39, 0.29) is 18.1 Å². The van der Waals surface area contributed by atoms with Crippen molar-refractivity contribution in [2.24, 2.45) is 0 Å². The van der Waals surface area contributed by atoms with Gasteiger partial charge in [0.2, 0.25) is 5.91 Å².